The molecule has 0 bridgehead atoms. The molecule has 1 atom stereocenters. The number of aryl methyl sites for hydroxylation is 2. The van der Waals surface area contributed by atoms with Crippen LogP contribution in [0.25, 0.3) is 0 Å². The van der Waals surface area contributed by atoms with Crippen LogP contribution in [0.5, 0.6) is 0 Å². The molecule has 0 saturated carbocycles. The zero-order chi connectivity index (χ0) is 12.3. The molecule has 1 fully saturated rings. The van der Waals surface area contributed by atoms with Crippen molar-refractivity contribution in [3.63, 3.8) is 0 Å². The van der Waals surface area contributed by atoms with Crippen LogP contribution in [0.2, 0.25) is 0 Å². The van der Waals surface area contributed by atoms with E-state index in [0.717, 1.165) is 24.7 Å². The molecule has 0 aromatic carbocycles. The Bertz CT molecular complexity index is 358. The molecule has 1 saturated heterocycles. The van der Waals surface area contributed by atoms with E-state index < -0.39 is 0 Å². The fourth-order valence-electron chi connectivity index (χ4n) is 2.60. The minimum atomic E-state index is 0.823. The number of likely N-dealkylation sites (tertiary alicyclic amines) is 1. The summed E-state index contributed by atoms with van der Waals surface area (Å²) in [5.74, 6) is 0.823. The SMILES string of the molecule is CCN1CCC(CNCc2cc(C)nn2C)C1. The van der Waals surface area contributed by atoms with Crippen molar-refractivity contribution < 1.29 is 0 Å². The van der Waals surface area contributed by atoms with Gasteiger partial charge in [-0.25, -0.2) is 0 Å². The maximum absolute atomic E-state index is 4.36. The van der Waals surface area contributed by atoms with Crippen LogP contribution in [0.15, 0.2) is 6.07 Å². The fraction of sp³-hybridized carbons (Fsp3) is 0.769. The van der Waals surface area contributed by atoms with Gasteiger partial charge in [0.1, 0.15) is 0 Å². The van der Waals surface area contributed by atoms with Crippen LogP contribution < -0.4 is 5.32 Å². The summed E-state index contributed by atoms with van der Waals surface area (Å²) < 4.78 is 1.97. The molecule has 0 radical (unpaired) electrons. The van der Waals surface area contributed by atoms with Gasteiger partial charge in [-0.2, -0.15) is 5.10 Å². The molecule has 4 nitrogen and oxygen atoms in total. The molecule has 1 N–H and O–H groups in total. The van der Waals surface area contributed by atoms with Crippen LogP contribution in [0, 0.1) is 12.8 Å². The van der Waals surface area contributed by atoms with E-state index in [4.69, 9.17) is 0 Å². The zero-order valence-corrected chi connectivity index (χ0v) is 11.2. The number of nitrogens with one attached hydrogen (secondary N) is 1. The number of hydrogen-bond acceptors (Lipinski definition) is 3. The summed E-state index contributed by atoms with van der Waals surface area (Å²) in [6, 6.07) is 2.15. The summed E-state index contributed by atoms with van der Waals surface area (Å²) in [6.07, 6.45) is 1.34. The Hall–Kier alpha value is -0.870. The first kappa shape index (κ1) is 12.6. The van der Waals surface area contributed by atoms with Gasteiger partial charge < -0.3 is 10.2 Å². The highest BCUT2D eigenvalue weighted by molar-refractivity contribution is 5.08. The number of hydrogen-bond donors (Lipinski definition) is 1. The van der Waals surface area contributed by atoms with E-state index in [1.807, 2.05) is 18.7 Å². The van der Waals surface area contributed by atoms with Crippen molar-refractivity contribution in [1.82, 2.24) is 20.0 Å². The molecule has 1 aliphatic heterocycles. The first-order valence-electron chi connectivity index (χ1n) is 6.61. The van der Waals surface area contributed by atoms with Crippen molar-refractivity contribution >= 4 is 0 Å². The summed E-state index contributed by atoms with van der Waals surface area (Å²) in [5.41, 5.74) is 2.37. The van der Waals surface area contributed by atoms with E-state index in [0.29, 0.717) is 0 Å². The summed E-state index contributed by atoms with van der Waals surface area (Å²) in [4.78, 5) is 2.53. The molecule has 1 aromatic rings. The molecule has 1 aromatic heterocycles. The van der Waals surface area contributed by atoms with Crippen molar-refractivity contribution in [2.75, 3.05) is 26.2 Å². The maximum atomic E-state index is 4.36. The second-order valence-electron chi connectivity index (χ2n) is 5.08. The third-order valence-corrected chi connectivity index (χ3v) is 3.66. The third kappa shape index (κ3) is 3.30. The third-order valence-electron chi connectivity index (χ3n) is 3.66. The normalized spacial score (nSPS) is 21.2. The van der Waals surface area contributed by atoms with Gasteiger partial charge >= 0.3 is 0 Å². The quantitative estimate of drug-likeness (QED) is 0.833. The van der Waals surface area contributed by atoms with Gasteiger partial charge in [-0.05, 0) is 45.0 Å². The number of aromatic nitrogens is 2. The van der Waals surface area contributed by atoms with Gasteiger partial charge in [0.05, 0.1) is 11.4 Å². The molecule has 0 aliphatic carbocycles. The summed E-state index contributed by atoms with van der Waals surface area (Å²) in [7, 11) is 2.01. The second-order valence-corrected chi connectivity index (χ2v) is 5.08. The number of nitrogens with zero attached hydrogens (tertiary/aromatic N) is 3. The largest absolute Gasteiger partial charge is 0.311 e. The minimum Gasteiger partial charge on any atom is -0.311 e. The van der Waals surface area contributed by atoms with Gasteiger partial charge in [-0.1, -0.05) is 6.92 Å². The molecule has 0 spiro atoms. The predicted octanol–water partition coefficient (Wildman–Crippen LogP) is 1.16. The highest BCUT2D eigenvalue weighted by Crippen LogP contribution is 2.14. The van der Waals surface area contributed by atoms with E-state index in [2.05, 4.69) is 28.3 Å². The van der Waals surface area contributed by atoms with Crippen LogP contribution in [0.1, 0.15) is 24.7 Å². The lowest BCUT2D eigenvalue weighted by Gasteiger charge is -2.13. The lowest BCUT2D eigenvalue weighted by atomic mass is 10.1. The van der Waals surface area contributed by atoms with Crippen molar-refractivity contribution in [3.05, 3.63) is 17.5 Å². The molecule has 1 unspecified atom stereocenters. The minimum absolute atomic E-state index is 0.823. The molecule has 2 rings (SSSR count). The Balaban J connectivity index is 1.71. The van der Waals surface area contributed by atoms with E-state index in [9.17, 15) is 0 Å². The average Bonchev–Trinajstić information content (AvgIpc) is 2.86. The van der Waals surface area contributed by atoms with Gasteiger partial charge in [-0.15, -0.1) is 0 Å². The average molecular weight is 236 g/mol. The van der Waals surface area contributed by atoms with Crippen LogP contribution >= 0.6 is 0 Å². The van der Waals surface area contributed by atoms with Crippen molar-refractivity contribution in [1.29, 1.82) is 0 Å². The zero-order valence-electron chi connectivity index (χ0n) is 11.2. The Kier molecular flexibility index (Phi) is 4.18. The van der Waals surface area contributed by atoms with E-state index in [1.165, 1.54) is 31.7 Å². The molecular formula is C13H24N4. The van der Waals surface area contributed by atoms with Gasteiger partial charge in [-0.3, -0.25) is 4.68 Å². The van der Waals surface area contributed by atoms with Crippen LogP contribution in [0.4, 0.5) is 0 Å². The molecule has 4 heteroatoms. The highest BCUT2D eigenvalue weighted by atomic mass is 15.3. The van der Waals surface area contributed by atoms with Crippen LogP contribution in [-0.4, -0.2) is 40.9 Å². The van der Waals surface area contributed by atoms with Crippen molar-refractivity contribution in [2.24, 2.45) is 13.0 Å². The summed E-state index contributed by atoms with van der Waals surface area (Å²) in [5, 5.41) is 7.91. The molecule has 2 heterocycles. The maximum Gasteiger partial charge on any atom is 0.0597 e. The Morgan fingerprint density at radius 2 is 2.35 bits per heavy atom. The van der Waals surface area contributed by atoms with Crippen molar-refractivity contribution in [3.8, 4) is 0 Å². The smallest absolute Gasteiger partial charge is 0.0597 e. The van der Waals surface area contributed by atoms with Gasteiger partial charge in [0.25, 0.3) is 0 Å². The first-order valence-corrected chi connectivity index (χ1v) is 6.61. The lowest BCUT2D eigenvalue weighted by molar-refractivity contribution is 0.338. The summed E-state index contributed by atoms with van der Waals surface area (Å²) >= 11 is 0. The van der Waals surface area contributed by atoms with Crippen LogP contribution in [0.3, 0.4) is 0 Å². The van der Waals surface area contributed by atoms with Crippen LogP contribution in [-0.2, 0) is 13.6 Å². The van der Waals surface area contributed by atoms with E-state index in [-0.39, 0.29) is 0 Å². The van der Waals surface area contributed by atoms with Gasteiger partial charge in [0.2, 0.25) is 0 Å². The Morgan fingerprint density at radius 1 is 1.53 bits per heavy atom. The molecule has 17 heavy (non-hydrogen) atoms. The lowest BCUT2D eigenvalue weighted by Crippen LogP contribution is -2.26. The topological polar surface area (TPSA) is 33.1 Å². The van der Waals surface area contributed by atoms with E-state index in [1.54, 1.807) is 0 Å². The molecule has 96 valence electrons. The first-order chi connectivity index (χ1) is 8.19. The Labute approximate surface area is 104 Å². The predicted molar refractivity (Wildman–Crippen MR) is 69.9 cm³/mol. The summed E-state index contributed by atoms with van der Waals surface area (Å²) in [6.45, 7) is 10.1. The monoisotopic (exact) mass is 236 g/mol. The number of rotatable bonds is 5. The molecular weight excluding hydrogens is 212 g/mol. The van der Waals surface area contributed by atoms with Gasteiger partial charge in [0, 0.05) is 20.1 Å². The fourth-order valence-corrected chi connectivity index (χ4v) is 2.60. The Morgan fingerprint density at radius 3 is 2.94 bits per heavy atom. The standard InChI is InChI=1S/C13H24N4/c1-4-17-6-5-12(10-17)8-14-9-13-7-11(2)15-16(13)3/h7,12,14H,4-6,8-10H2,1-3H3. The molecule has 0 amide bonds. The van der Waals surface area contributed by atoms with E-state index >= 15 is 0 Å². The van der Waals surface area contributed by atoms with Gasteiger partial charge in [0.15, 0.2) is 0 Å². The highest BCUT2D eigenvalue weighted by Gasteiger charge is 2.20. The molecule has 1 aliphatic rings. The second kappa shape index (κ2) is 5.65. The van der Waals surface area contributed by atoms with Crippen molar-refractivity contribution in [2.45, 2.75) is 26.8 Å².